The van der Waals surface area contributed by atoms with Crippen LogP contribution in [0.1, 0.15) is 57.9 Å². The molecule has 1 aromatic carbocycles. The summed E-state index contributed by atoms with van der Waals surface area (Å²) in [4.78, 5) is 0. The second-order valence-electron chi connectivity index (χ2n) is 8.75. The number of benzene rings is 1. The van der Waals surface area contributed by atoms with Gasteiger partial charge < -0.3 is 15.8 Å². The van der Waals surface area contributed by atoms with Gasteiger partial charge >= 0.3 is 0 Å². The van der Waals surface area contributed by atoms with Crippen molar-refractivity contribution in [3.05, 3.63) is 23.8 Å². The van der Waals surface area contributed by atoms with Crippen LogP contribution in [0.4, 0.5) is 5.69 Å². The Kier molecular flexibility index (Phi) is 4.24. The fourth-order valence-electron chi connectivity index (χ4n) is 6.23. The molecule has 4 aliphatic rings. The Morgan fingerprint density at radius 3 is 2.33 bits per heavy atom. The Hall–Kier alpha value is -1.22. The fourth-order valence-corrected chi connectivity index (χ4v) is 6.23. The van der Waals surface area contributed by atoms with Crippen molar-refractivity contribution in [3.63, 3.8) is 0 Å². The molecule has 3 N–H and O–H groups in total. The van der Waals surface area contributed by atoms with Crippen molar-refractivity contribution in [1.29, 1.82) is 0 Å². The summed E-state index contributed by atoms with van der Waals surface area (Å²) in [5.74, 6) is 3.80. The van der Waals surface area contributed by atoms with Crippen LogP contribution in [-0.4, -0.2) is 18.2 Å². The van der Waals surface area contributed by atoms with Crippen LogP contribution in [0.2, 0.25) is 0 Å². The normalized spacial score (nSPS) is 35.2. The summed E-state index contributed by atoms with van der Waals surface area (Å²) in [5, 5.41) is 4.06. The number of rotatable bonds is 6. The average Bonchev–Trinajstić information content (AvgIpc) is 2.48. The number of hydrogen-bond donors (Lipinski definition) is 2. The number of anilines is 1. The van der Waals surface area contributed by atoms with E-state index in [1.165, 1.54) is 44.1 Å². The molecule has 0 spiro atoms. The van der Waals surface area contributed by atoms with Crippen molar-refractivity contribution >= 4 is 5.69 Å². The summed E-state index contributed by atoms with van der Waals surface area (Å²) in [6.07, 6.45) is 9.79. The van der Waals surface area contributed by atoms with E-state index in [9.17, 15) is 0 Å². The number of ether oxygens (including phenoxy) is 1. The van der Waals surface area contributed by atoms with Gasteiger partial charge in [0.1, 0.15) is 5.75 Å². The molecular weight excluding hydrogens is 296 g/mol. The van der Waals surface area contributed by atoms with Gasteiger partial charge in [-0.25, -0.2) is 0 Å². The minimum Gasteiger partial charge on any atom is -0.492 e. The van der Waals surface area contributed by atoms with Gasteiger partial charge in [0.05, 0.1) is 12.3 Å². The highest BCUT2D eigenvalue weighted by Crippen LogP contribution is 2.55. The number of nitrogens with one attached hydrogen (secondary N) is 1. The summed E-state index contributed by atoms with van der Waals surface area (Å²) in [5.41, 5.74) is 8.63. The average molecular weight is 329 g/mol. The Labute approximate surface area is 146 Å². The first-order valence-corrected chi connectivity index (χ1v) is 9.84. The lowest BCUT2D eigenvalue weighted by Crippen LogP contribution is -2.60. The third-order valence-electron chi connectivity index (χ3n) is 6.51. The number of nitrogen functional groups attached to an aromatic ring is 1. The van der Waals surface area contributed by atoms with E-state index < -0.39 is 0 Å². The second kappa shape index (κ2) is 6.25. The highest BCUT2D eigenvalue weighted by molar-refractivity contribution is 5.54. The van der Waals surface area contributed by atoms with Crippen LogP contribution in [0.3, 0.4) is 0 Å². The molecule has 1 unspecified atom stereocenters. The molecule has 3 nitrogen and oxygen atoms in total. The SMILES string of the molecule is CCOc1ccc(CC(C)NC23CC4CC(CC(C4)C2)C3)cc1N. The number of hydrogen-bond acceptors (Lipinski definition) is 3. The van der Waals surface area contributed by atoms with E-state index in [-0.39, 0.29) is 0 Å². The quantitative estimate of drug-likeness (QED) is 0.771. The molecule has 3 heteroatoms. The standard InChI is InChI=1S/C21H32N2O/c1-3-24-20-5-4-15(10-19(20)22)6-14(2)23-21-11-16-7-17(12-21)9-18(8-16)13-21/h4-5,10,14,16-18,23H,3,6-9,11-13,22H2,1-2H3. The first kappa shape index (κ1) is 16.3. The molecule has 132 valence electrons. The number of nitrogens with two attached hydrogens (primary N) is 1. The smallest absolute Gasteiger partial charge is 0.142 e. The van der Waals surface area contributed by atoms with Gasteiger partial charge in [-0.15, -0.1) is 0 Å². The predicted octanol–water partition coefficient (Wildman–Crippen LogP) is 4.16. The molecule has 4 aliphatic carbocycles. The van der Waals surface area contributed by atoms with E-state index in [1.54, 1.807) is 0 Å². The van der Waals surface area contributed by atoms with Gasteiger partial charge in [-0.1, -0.05) is 6.07 Å². The molecule has 5 rings (SSSR count). The van der Waals surface area contributed by atoms with Crippen LogP contribution in [-0.2, 0) is 6.42 Å². The maximum atomic E-state index is 6.13. The Morgan fingerprint density at radius 2 is 1.79 bits per heavy atom. The zero-order valence-corrected chi connectivity index (χ0v) is 15.2. The second-order valence-corrected chi connectivity index (χ2v) is 8.75. The third kappa shape index (κ3) is 3.15. The molecule has 0 amide bonds. The molecule has 1 aromatic rings. The molecule has 0 aromatic heterocycles. The molecule has 0 aliphatic heterocycles. The predicted molar refractivity (Wildman–Crippen MR) is 99.2 cm³/mol. The highest BCUT2D eigenvalue weighted by atomic mass is 16.5. The van der Waals surface area contributed by atoms with Crippen molar-refractivity contribution < 1.29 is 4.74 Å². The zero-order valence-electron chi connectivity index (χ0n) is 15.2. The van der Waals surface area contributed by atoms with Gasteiger partial charge in [0.2, 0.25) is 0 Å². The molecule has 0 heterocycles. The Bertz CT molecular complexity index is 562. The molecule has 0 radical (unpaired) electrons. The lowest BCUT2D eigenvalue weighted by Gasteiger charge is -2.58. The molecule has 1 atom stereocenters. The first-order chi connectivity index (χ1) is 11.5. The van der Waals surface area contributed by atoms with Crippen molar-refractivity contribution in [1.82, 2.24) is 5.32 Å². The van der Waals surface area contributed by atoms with E-state index in [0.29, 0.717) is 18.2 Å². The highest BCUT2D eigenvalue weighted by Gasteiger charge is 2.50. The summed E-state index contributed by atoms with van der Waals surface area (Å²) in [6.45, 7) is 4.99. The lowest BCUT2D eigenvalue weighted by atomic mass is 9.53. The van der Waals surface area contributed by atoms with E-state index in [2.05, 4.69) is 24.4 Å². The van der Waals surface area contributed by atoms with Crippen LogP contribution in [0.25, 0.3) is 0 Å². The molecular formula is C21H32N2O. The van der Waals surface area contributed by atoms with Crippen LogP contribution in [0.5, 0.6) is 5.75 Å². The molecule has 24 heavy (non-hydrogen) atoms. The minimum atomic E-state index is 0.435. The lowest BCUT2D eigenvalue weighted by molar-refractivity contribution is -0.0242. The van der Waals surface area contributed by atoms with Crippen LogP contribution < -0.4 is 15.8 Å². The van der Waals surface area contributed by atoms with Gasteiger partial charge in [-0.3, -0.25) is 0 Å². The van der Waals surface area contributed by atoms with Gasteiger partial charge in [0.25, 0.3) is 0 Å². The van der Waals surface area contributed by atoms with Crippen molar-refractivity contribution in [3.8, 4) is 5.75 Å². The Balaban J connectivity index is 1.40. The maximum absolute atomic E-state index is 6.13. The molecule has 4 fully saturated rings. The van der Waals surface area contributed by atoms with Crippen LogP contribution in [0, 0.1) is 17.8 Å². The van der Waals surface area contributed by atoms with E-state index >= 15 is 0 Å². The summed E-state index contributed by atoms with van der Waals surface area (Å²) in [7, 11) is 0. The first-order valence-electron chi connectivity index (χ1n) is 9.84. The van der Waals surface area contributed by atoms with E-state index in [0.717, 1.165) is 35.6 Å². The summed E-state index contributed by atoms with van der Waals surface area (Å²) in [6, 6.07) is 6.77. The van der Waals surface area contributed by atoms with Gasteiger partial charge in [-0.2, -0.15) is 0 Å². The van der Waals surface area contributed by atoms with E-state index in [4.69, 9.17) is 10.5 Å². The Morgan fingerprint density at radius 1 is 1.17 bits per heavy atom. The third-order valence-corrected chi connectivity index (χ3v) is 6.51. The molecule has 4 saturated carbocycles. The summed E-state index contributed by atoms with van der Waals surface area (Å²) < 4.78 is 5.55. The van der Waals surface area contributed by atoms with Crippen molar-refractivity contribution in [2.45, 2.75) is 70.4 Å². The largest absolute Gasteiger partial charge is 0.492 e. The van der Waals surface area contributed by atoms with Crippen LogP contribution >= 0.6 is 0 Å². The maximum Gasteiger partial charge on any atom is 0.142 e. The van der Waals surface area contributed by atoms with Crippen molar-refractivity contribution in [2.75, 3.05) is 12.3 Å². The van der Waals surface area contributed by atoms with Gasteiger partial charge in [0.15, 0.2) is 0 Å². The van der Waals surface area contributed by atoms with Crippen LogP contribution in [0.15, 0.2) is 18.2 Å². The molecule has 0 saturated heterocycles. The zero-order chi connectivity index (χ0) is 16.7. The fraction of sp³-hybridized carbons (Fsp3) is 0.714. The van der Waals surface area contributed by atoms with Gasteiger partial charge in [-0.05, 0) is 94.2 Å². The van der Waals surface area contributed by atoms with E-state index in [1.807, 2.05) is 13.0 Å². The van der Waals surface area contributed by atoms with Gasteiger partial charge in [0, 0.05) is 11.6 Å². The summed E-state index contributed by atoms with van der Waals surface area (Å²) >= 11 is 0. The van der Waals surface area contributed by atoms with Crippen molar-refractivity contribution in [2.24, 2.45) is 17.8 Å². The minimum absolute atomic E-state index is 0.435. The topological polar surface area (TPSA) is 47.3 Å². The monoisotopic (exact) mass is 328 g/mol. The molecule has 4 bridgehead atoms.